The number of ether oxygens (including phenoxy) is 2. The minimum Gasteiger partial charge on any atom is -0.508 e. The molecule has 1 aliphatic rings. The standard InChI is InChI=1S/C28H24ClNO7/c1-4-37-28(35)17-8-5-9-18(13-17)30-23(16-7-6-10-19(31)14-16)22(25(33)27(30)34)24(32)20-11-15(2)12-21(29)26(20)36-3/h5-14,23,31-32H,4H2,1-3H3/b24-22+. The van der Waals surface area contributed by atoms with Crippen LogP contribution in [0.25, 0.3) is 5.76 Å². The van der Waals surface area contributed by atoms with E-state index < -0.39 is 29.5 Å². The number of benzene rings is 3. The van der Waals surface area contributed by atoms with Crippen molar-refractivity contribution in [3.8, 4) is 11.5 Å². The zero-order valence-electron chi connectivity index (χ0n) is 20.3. The maximum Gasteiger partial charge on any atom is 0.338 e. The number of phenols is 1. The monoisotopic (exact) mass is 521 g/mol. The van der Waals surface area contributed by atoms with Gasteiger partial charge in [0.05, 0.1) is 41.5 Å². The van der Waals surface area contributed by atoms with Crippen molar-refractivity contribution in [2.24, 2.45) is 0 Å². The van der Waals surface area contributed by atoms with E-state index in [2.05, 4.69) is 0 Å². The number of hydrogen-bond acceptors (Lipinski definition) is 7. The molecule has 1 unspecified atom stereocenters. The Labute approximate surface area is 218 Å². The van der Waals surface area contributed by atoms with Gasteiger partial charge in [-0.1, -0.05) is 29.8 Å². The first-order valence-electron chi connectivity index (χ1n) is 11.4. The lowest BCUT2D eigenvalue weighted by atomic mass is 9.94. The summed E-state index contributed by atoms with van der Waals surface area (Å²) in [6.07, 6.45) is 0. The summed E-state index contributed by atoms with van der Waals surface area (Å²) in [5, 5.41) is 21.8. The second kappa shape index (κ2) is 10.4. The summed E-state index contributed by atoms with van der Waals surface area (Å²) < 4.78 is 10.5. The molecule has 37 heavy (non-hydrogen) atoms. The molecule has 1 saturated heterocycles. The summed E-state index contributed by atoms with van der Waals surface area (Å²) in [6.45, 7) is 3.60. The molecule has 0 radical (unpaired) electrons. The highest BCUT2D eigenvalue weighted by Crippen LogP contribution is 2.45. The number of carbonyl (C=O) groups excluding carboxylic acids is 3. The van der Waals surface area contributed by atoms with Gasteiger partial charge in [-0.05, 0) is 67.4 Å². The van der Waals surface area contributed by atoms with Crippen LogP contribution in [0.1, 0.15) is 40.0 Å². The number of esters is 1. The van der Waals surface area contributed by atoms with Crippen LogP contribution in [0.2, 0.25) is 5.02 Å². The summed E-state index contributed by atoms with van der Waals surface area (Å²) in [7, 11) is 1.37. The molecular weight excluding hydrogens is 498 g/mol. The average molecular weight is 522 g/mol. The lowest BCUT2D eigenvalue weighted by Crippen LogP contribution is -2.29. The van der Waals surface area contributed by atoms with Gasteiger partial charge in [0, 0.05) is 5.69 Å². The maximum absolute atomic E-state index is 13.4. The second-order valence-electron chi connectivity index (χ2n) is 8.36. The number of halogens is 1. The molecule has 1 heterocycles. The number of aliphatic hydroxyl groups is 1. The molecule has 0 saturated carbocycles. The van der Waals surface area contributed by atoms with E-state index >= 15 is 0 Å². The summed E-state index contributed by atoms with van der Waals surface area (Å²) in [5.41, 5.74) is 1.38. The van der Waals surface area contributed by atoms with Gasteiger partial charge in [0.1, 0.15) is 17.3 Å². The van der Waals surface area contributed by atoms with Crippen LogP contribution in [-0.4, -0.2) is 41.6 Å². The number of ketones is 1. The predicted molar refractivity (Wildman–Crippen MR) is 138 cm³/mol. The third-order valence-corrected chi connectivity index (χ3v) is 6.19. The normalized spacial score (nSPS) is 16.6. The Morgan fingerprint density at radius 3 is 2.49 bits per heavy atom. The van der Waals surface area contributed by atoms with Gasteiger partial charge in [0.25, 0.3) is 11.7 Å². The van der Waals surface area contributed by atoms with Crippen molar-refractivity contribution in [2.45, 2.75) is 19.9 Å². The van der Waals surface area contributed by atoms with Crippen LogP contribution in [0.5, 0.6) is 11.5 Å². The number of carbonyl (C=O) groups is 3. The second-order valence-corrected chi connectivity index (χ2v) is 8.77. The minimum atomic E-state index is -1.13. The number of aliphatic hydroxyl groups excluding tert-OH is 1. The van der Waals surface area contributed by atoms with Crippen LogP contribution < -0.4 is 9.64 Å². The quantitative estimate of drug-likeness (QED) is 0.199. The van der Waals surface area contributed by atoms with Crippen LogP contribution in [0, 0.1) is 6.92 Å². The molecule has 0 spiro atoms. The largest absolute Gasteiger partial charge is 0.508 e. The molecular formula is C28H24ClNO7. The van der Waals surface area contributed by atoms with Crippen molar-refractivity contribution in [3.63, 3.8) is 0 Å². The lowest BCUT2D eigenvalue weighted by Gasteiger charge is -2.26. The predicted octanol–water partition coefficient (Wildman–Crippen LogP) is 5.17. The minimum absolute atomic E-state index is 0.0976. The van der Waals surface area contributed by atoms with Gasteiger partial charge in [-0.15, -0.1) is 0 Å². The molecule has 4 rings (SSSR count). The van der Waals surface area contributed by atoms with Crippen molar-refractivity contribution in [1.29, 1.82) is 0 Å². The first-order chi connectivity index (χ1) is 17.7. The summed E-state index contributed by atoms with van der Waals surface area (Å²) >= 11 is 6.32. The van der Waals surface area contributed by atoms with Gasteiger partial charge in [-0.3, -0.25) is 14.5 Å². The number of anilines is 1. The highest BCUT2D eigenvalue weighted by Gasteiger charge is 2.47. The number of methoxy groups -OCH3 is 1. The highest BCUT2D eigenvalue weighted by atomic mass is 35.5. The smallest absolute Gasteiger partial charge is 0.338 e. The van der Waals surface area contributed by atoms with Gasteiger partial charge in [-0.2, -0.15) is 0 Å². The molecule has 9 heteroatoms. The van der Waals surface area contributed by atoms with Crippen LogP contribution in [0.4, 0.5) is 5.69 Å². The highest BCUT2D eigenvalue weighted by molar-refractivity contribution is 6.51. The van der Waals surface area contributed by atoms with Crippen LogP contribution >= 0.6 is 11.6 Å². The zero-order valence-corrected chi connectivity index (χ0v) is 21.1. The Morgan fingerprint density at radius 2 is 1.81 bits per heavy atom. The fourth-order valence-corrected chi connectivity index (χ4v) is 4.71. The molecule has 3 aromatic rings. The van der Waals surface area contributed by atoms with E-state index in [-0.39, 0.29) is 45.5 Å². The van der Waals surface area contributed by atoms with Crippen molar-refractivity contribution < 1.29 is 34.1 Å². The zero-order chi connectivity index (χ0) is 26.9. The number of aryl methyl sites for hydroxylation is 1. The van der Waals surface area contributed by atoms with E-state index in [9.17, 15) is 24.6 Å². The first-order valence-corrected chi connectivity index (χ1v) is 11.8. The maximum atomic E-state index is 13.4. The van der Waals surface area contributed by atoms with Crippen molar-refractivity contribution in [2.75, 3.05) is 18.6 Å². The van der Waals surface area contributed by atoms with Crippen molar-refractivity contribution >= 4 is 40.7 Å². The Morgan fingerprint density at radius 1 is 1.08 bits per heavy atom. The number of rotatable bonds is 6. The first kappa shape index (κ1) is 25.8. The molecule has 3 aromatic carbocycles. The number of hydrogen-bond donors (Lipinski definition) is 2. The summed E-state index contributed by atoms with van der Waals surface area (Å²) in [4.78, 5) is 40.4. The van der Waals surface area contributed by atoms with Gasteiger partial charge < -0.3 is 19.7 Å². The lowest BCUT2D eigenvalue weighted by molar-refractivity contribution is -0.132. The third-order valence-electron chi connectivity index (χ3n) is 5.91. The third kappa shape index (κ3) is 4.75. The molecule has 1 amide bonds. The molecule has 190 valence electrons. The Bertz CT molecular complexity index is 1450. The van der Waals surface area contributed by atoms with E-state index in [0.717, 1.165) is 0 Å². The Kier molecular flexibility index (Phi) is 7.22. The number of Topliss-reactive ketones (excluding diaryl/α,β-unsaturated/α-hetero) is 1. The van der Waals surface area contributed by atoms with E-state index in [1.165, 1.54) is 36.3 Å². The van der Waals surface area contributed by atoms with Gasteiger partial charge in [0.15, 0.2) is 0 Å². The number of amides is 1. The van der Waals surface area contributed by atoms with Gasteiger partial charge in [-0.25, -0.2) is 4.79 Å². The Balaban J connectivity index is 1.98. The van der Waals surface area contributed by atoms with Crippen LogP contribution in [-0.2, 0) is 14.3 Å². The molecule has 1 aliphatic heterocycles. The van der Waals surface area contributed by atoms with Crippen LogP contribution in [0.15, 0.2) is 66.2 Å². The SMILES string of the molecule is CCOC(=O)c1cccc(N2C(=O)C(=O)/C(=C(/O)c3cc(C)cc(Cl)c3OC)C2c2cccc(O)c2)c1. The molecule has 0 aliphatic carbocycles. The van der Waals surface area contributed by atoms with Crippen molar-refractivity contribution in [3.05, 3.63) is 93.5 Å². The van der Waals surface area contributed by atoms with E-state index in [4.69, 9.17) is 21.1 Å². The van der Waals surface area contributed by atoms with Gasteiger partial charge >= 0.3 is 5.97 Å². The van der Waals surface area contributed by atoms with Gasteiger partial charge in [0.2, 0.25) is 0 Å². The number of aromatic hydroxyl groups is 1. The van der Waals surface area contributed by atoms with E-state index in [1.54, 1.807) is 50.2 Å². The molecule has 1 atom stereocenters. The number of phenolic OH excluding ortho intramolecular Hbond substituents is 1. The fraction of sp³-hybridized carbons (Fsp3) is 0.179. The van der Waals surface area contributed by atoms with Crippen molar-refractivity contribution in [1.82, 2.24) is 0 Å². The summed E-state index contributed by atoms with van der Waals surface area (Å²) in [5.74, 6) is -2.91. The molecule has 1 fully saturated rings. The summed E-state index contributed by atoms with van der Waals surface area (Å²) in [6, 6.07) is 14.2. The molecule has 0 bridgehead atoms. The molecule has 2 N–H and O–H groups in total. The van der Waals surface area contributed by atoms with E-state index in [0.29, 0.717) is 11.1 Å². The van der Waals surface area contributed by atoms with Crippen LogP contribution in [0.3, 0.4) is 0 Å². The molecule has 0 aromatic heterocycles. The Hall–Kier alpha value is -4.30. The number of nitrogens with zero attached hydrogens (tertiary/aromatic N) is 1. The fourth-order valence-electron chi connectivity index (χ4n) is 4.36. The topological polar surface area (TPSA) is 113 Å². The van der Waals surface area contributed by atoms with E-state index in [1.807, 2.05) is 0 Å². The molecule has 8 nitrogen and oxygen atoms in total. The average Bonchev–Trinajstić information content (AvgIpc) is 3.13.